The lowest BCUT2D eigenvalue weighted by Gasteiger charge is -2.33. The molecule has 1 aromatic heterocycles. The van der Waals surface area contributed by atoms with E-state index < -0.39 is 12.1 Å². The summed E-state index contributed by atoms with van der Waals surface area (Å²) in [6, 6.07) is 3.86. The third-order valence-electron chi connectivity index (χ3n) is 3.24. The van der Waals surface area contributed by atoms with Gasteiger partial charge in [-0.15, -0.1) is 11.3 Å². The van der Waals surface area contributed by atoms with Gasteiger partial charge in [0.15, 0.2) is 0 Å². The number of morpholine rings is 1. The van der Waals surface area contributed by atoms with Crippen LogP contribution < -0.4 is 0 Å². The number of ether oxygens (including phenoxy) is 1. The highest BCUT2D eigenvalue weighted by molar-refractivity contribution is 9.11. The fraction of sp³-hybridized carbons (Fsp3) is 0.538. The predicted octanol–water partition coefficient (Wildman–Crippen LogP) is 2.32. The molecule has 1 aromatic rings. The van der Waals surface area contributed by atoms with Gasteiger partial charge in [-0.3, -0.25) is 9.59 Å². The lowest BCUT2D eigenvalue weighted by atomic mass is 10.1. The normalized spacial score (nSPS) is 20.7. The molecule has 20 heavy (non-hydrogen) atoms. The maximum absolute atomic E-state index is 12.5. The molecule has 1 N–H and O–H groups in total. The van der Waals surface area contributed by atoms with Crippen molar-refractivity contribution in [2.24, 2.45) is 0 Å². The summed E-state index contributed by atoms with van der Waals surface area (Å²) < 4.78 is 6.38. The van der Waals surface area contributed by atoms with Gasteiger partial charge in [0.2, 0.25) is 5.91 Å². The van der Waals surface area contributed by atoms with E-state index in [2.05, 4.69) is 15.9 Å². The van der Waals surface area contributed by atoms with Crippen LogP contribution >= 0.6 is 27.3 Å². The molecule has 0 aliphatic carbocycles. The van der Waals surface area contributed by atoms with E-state index >= 15 is 0 Å². The zero-order valence-electron chi connectivity index (χ0n) is 11.0. The van der Waals surface area contributed by atoms with Crippen LogP contribution in [0.3, 0.4) is 0 Å². The van der Waals surface area contributed by atoms with Crippen molar-refractivity contribution < 1.29 is 19.4 Å². The minimum absolute atomic E-state index is 0.0260. The Labute approximate surface area is 129 Å². The number of aliphatic carboxylic acids is 1. The van der Waals surface area contributed by atoms with E-state index in [1.807, 2.05) is 19.1 Å². The van der Waals surface area contributed by atoms with Gasteiger partial charge in [-0.2, -0.15) is 0 Å². The molecule has 1 aliphatic heterocycles. The van der Waals surface area contributed by atoms with E-state index in [0.29, 0.717) is 19.7 Å². The van der Waals surface area contributed by atoms with Gasteiger partial charge in [-0.1, -0.05) is 0 Å². The maximum atomic E-state index is 12.5. The Bertz CT molecular complexity index is 504. The van der Waals surface area contributed by atoms with Crippen LogP contribution in [0, 0.1) is 0 Å². The Morgan fingerprint density at radius 1 is 1.60 bits per heavy atom. The molecule has 1 saturated heterocycles. The summed E-state index contributed by atoms with van der Waals surface area (Å²) in [6.45, 7) is 3.14. The van der Waals surface area contributed by atoms with Crippen molar-refractivity contribution in [1.29, 1.82) is 0 Å². The van der Waals surface area contributed by atoms with E-state index in [-0.39, 0.29) is 18.2 Å². The molecule has 2 atom stereocenters. The highest BCUT2D eigenvalue weighted by Crippen LogP contribution is 2.30. The number of thiophene rings is 1. The predicted molar refractivity (Wildman–Crippen MR) is 79.0 cm³/mol. The number of rotatable bonds is 4. The number of halogens is 1. The lowest BCUT2D eigenvalue weighted by Crippen LogP contribution is -2.47. The number of hydrogen-bond acceptors (Lipinski definition) is 4. The number of carboxylic acids is 1. The summed E-state index contributed by atoms with van der Waals surface area (Å²) in [7, 11) is 0. The molecule has 5 nitrogen and oxygen atoms in total. The third-order valence-corrected chi connectivity index (χ3v) is 5.05. The molecule has 2 heterocycles. The van der Waals surface area contributed by atoms with Crippen LogP contribution in [0.5, 0.6) is 0 Å². The molecule has 0 unspecified atom stereocenters. The Morgan fingerprint density at radius 3 is 2.95 bits per heavy atom. The summed E-state index contributed by atoms with van der Waals surface area (Å²) in [5.74, 6) is -1.09. The van der Waals surface area contributed by atoms with Crippen LogP contribution in [0.4, 0.5) is 0 Å². The summed E-state index contributed by atoms with van der Waals surface area (Å²) in [5.41, 5.74) is 0. The third kappa shape index (κ3) is 3.80. The molecule has 2 rings (SSSR count). The molecule has 0 saturated carbocycles. The molecular weight excluding hydrogens is 346 g/mol. The number of amides is 1. The van der Waals surface area contributed by atoms with Gasteiger partial charge in [0.25, 0.3) is 0 Å². The van der Waals surface area contributed by atoms with Gasteiger partial charge in [-0.05, 0) is 35.0 Å². The van der Waals surface area contributed by atoms with Gasteiger partial charge >= 0.3 is 5.97 Å². The minimum Gasteiger partial charge on any atom is -0.481 e. The number of hydrogen-bond donors (Lipinski definition) is 1. The largest absolute Gasteiger partial charge is 0.481 e. The first-order valence-corrected chi connectivity index (χ1v) is 7.95. The average Bonchev–Trinajstić information content (AvgIpc) is 2.83. The van der Waals surface area contributed by atoms with Crippen molar-refractivity contribution in [3.63, 3.8) is 0 Å². The summed E-state index contributed by atoms with van der Waals surface area (Å²) in [6.07, 6.45) is -0.477. The molecule has 1 aliphatic rings. The number of carbonyl (C=O) groups is 2. The van der Waals surface area contributed by atoms with Gasteiger partial charge < -0.3 is 14.7 Å². The first-order valence-electron chi connectivity index (χ1n) is 6.34. The number of carboxylic acid groups (broad SMARTS) is 1. The lowest BCUT2D eigenvalue weighted by molar-refractivity contribution is -0.148. The van der Waals surface area contributed by atoms with E-state index in [1.54, 1.807) is 16.2 Å². The van der Waals surface area contributed by atoms with Gasteiger partial charge in [0.05, 0.1) is 28.8 Å². The van der Waals surface area contributed by atoms with Crippen LogP contribution in [-0.2, 0) is 14.3 Å². The quantitative estimate of drug-likeness (QED) is 0.893. The molecule has 7 heteroatoms. The van der Waals surface area contributed by atoms with Gasteiger partial charge in [0, 0.05) is 18.0 Å². The zero-order chi connectivity index (χ0) is 14.7. The summed E-state index contributed by atoms with van der Waals surface area (Å²) in [4.78, 5) is 25.9. The standard InChI is InChI=1S/C13H16BrNO4S/c1-8(10-2-3-11(14)20-10)13(18)15-4-5-19-9(7-15)6-12(16)17/h2-3,8-9H,4-7H2,1H3,(H,16,17)/t8-,9-/m0/s1. The van der Waals surface area contributed by atoms with Crippen LogP contribution in [0.1, 0.15) is 24.1 Å². The van der Waals surface area contributed by atoms with Crippen molar-refractivity contribution in [2.75, 3.05) is 19.7 Å². The second kappa shape index (κ2) is 6.69. The number of nitrogens with zero attached hydrogens (tertiary/aromatic N) is 1. The summed E-state index contributed by atoms with van der Waals surface area (Å²) in [5, 5.41) is 8.79. The maximum Gasteiger partial charge on any atom is 0.306 e. The average molecular weight is 362 g/mol. The first kappa shape index (κ1) is 15.5. The Kier molecular flexibility index (Phi) is 5.17. The SMILES string of the molecule is C[C@H](C(=O)N1CCO[C@@H](CC(=O)O)C1)c1ccc(Br)s1. The van der Waals surface area contributed by atoms with Crippen molar-refractivity contribution >= 4 is 39.1 Å². The van der Waals surface area contributed by atoms with E-state index in [0.717, 1.165) is 8.66 Å². The van der Waals surface area contributed by atoms with E-state index in [9.17, 15) is 9.59 Å². The first-order chi connectivity index (χ1) is 9.47. The van der Waals surface area contributed by atoms with Crippen molar-refractivity contribution in [2.45, 2.75) is 25.4 Å². The van der Waals surface area contributed by atoms with Gasteiger partial charge in [-0.25, -0.2) is 0 Å². The van der Waals surface area contributed by atoms with Crippen LogP contribution in [-0.4, -0.2) is 47.7 Å². The summed E-state index contributed by atoms with van der Waals surface area (Å²) >= 11 is 4.93. The second-order valence-electron chi connectivity index (χ2n) is 4.74. The number of carbonyl (C=O) groups excluding carboxylic acids is 1. The van der Waals surface area contributed by atoms with Crippen molar-refractivity contribution in [3.8, 4) is 0 Å². The molecule has 0 radical (unpaired) electrons. The van der Waals surface area contributed by atoms with Gasteiger partial charge in [0.1, 0.15) is 0 Å². The Balaban J connectivity index is 1.99. The van der Waals surface area contributed by atoms with Crippen LogP contribution in [0.2, 0.25) is 0 Å². The molecule has 0 bridgehead atoms. The van der Waals surface area contributed by atoms with Crippen LogP contribution in [0.15, 0.2) is 15.9 Å². The molecule has 110 valence electrons. The minimum atomic E-state index is -0.903. The van der Waals surface area contributed by atoms with Crippen LogP contribution in [0.25, 0.3) is 0 Å². The molecule has 1 fully saturated rings. The zero-order valence-corrected chi connectivity index (χ0v) is 13.4. The van der Waals surface area contributed by atoms with E-state index in [1.165, 1.54) is 0 Å². The van der Waals surface area contributed by atoms with E-state index in [4.69, 9.17) is 9.84 Å². The molecule has 0 spiro atoms. The fourth-order valence-corrected chi connectivity index (χ4v) is 3.66. The highest BCUT2D eigenvalue weighted by Gasteiger charge is 2.29. The second-order valence-corrected chi connectivity index (χ2v) is 7.23. The molecular formula is C13H16BrNO4S. The highest BCUT2D eigenvalue weighted by atomic mass is 79.9. The Hall–Kier alpha value is -0.920. The van der Waals surface area contributed by atoms with Crippen molar-refractivity contribution in [1.82, 2.24) is 4.90 Å². The topological polar surface area (TPSA) is 66.8 Å². The van der Waals surface area contributed by atoms with Crippen molar-refractivity contribution in [3.05, 3.63) is 20.8 Å². The molecule has 1 amide bonds. The Morgan fingerprint density at radius 2 is 2.35 bits per heavy atom. The monoisotopic (exact) mass is 361 g/mol. The smallest absolute Gasteiger partial charge is 0.306 e. The molecule has 0 aromatic carbocycles. The fourth-order valence-electron chi connectivity index (χ4n) is 2.19.